The van der Waals surface area contributed by atoms with Crippen LogP contribution in [0, 0.1) is 0 Å². The quantitative estimate of drug-likeness (QED) is 0.772. The van der Waals surface area contributed by atoms with Gasteiger partial charge >= 0.3 is 0 Å². The Balaban J connectivity index is 2.01. The van der Waals surface area contributed by atoms with Crippen molar-refractivity contribution in [1.29, 1.82) is 0 Å². The molecule has 15 heavy (non-hydrogen) atoms. The van der Waals surface area contributed by atoms with E-state index in [4.69, 9.17) is 0 Å². The van der Waals surface area contributed by atoms with Crippen LogP contribution in [0.1, 0.15) is 23.2 Å². The summed E-state index contributed by atoms with van der Waals surface area (Å²) >= 11 is 0. The van der Waals surface area contributed by atoms with Crippen LogP contribution in [0.5, 0.6) is 0 Å². The minimum atomic E-state index is 0.00417. The van der Waals surface area contributed by atoms with Crippen LogP contribution < -0.4 is 5.32 Å². The van der Waals surface area contributed by atoms with Crippen LogP contribution in [0.15, 0.2) is 24.4 Å². The van der Waals surface area contributed by atoms with Gasteiger partial charge in [0.15, 0.2) is 0 Å². The van der Waals surface area contributed by atoms with Crippen molar-refractivity contribution in [2.75, 3.05) is 0 Å². The fourth-order valence-electron chi connectivity index (χ4n) is 1.66. The molecule has 76 valence electrons. The molecule has 2 N–H and O–H groups in total. The van der Waals surface area contributed by atoms with Crippen molar-refractivity contribution in [1.82, 2.24) is 15.5 Å². The maximum atomic E-state index is 11.9. The Hall–Kier alpha value is -1.84. The molecule has 1 aliphatic rings. The van der Waals surface area contributed by atoms with E-state index in [-0.39, 0.29) is 5.91 Å². The summed E-state index contributed by atoms with van der Waals surface area (Å²) in [7, 11) is 0. The minimum absolute atomic E-state index is 0.00417. The molecule has 0 bridgehead atoms. The lowest BCUT2D eigenvalue weighted by Gasteiger charge is -2.03. The standard InChI is InChI=1S/C11H11N3O/c15-11(13-7-4-5-7)8-2-1-3-10-9(8)6-12-14-10/h1-3,6-7H,4-5H2,(H,12,14)(H,13,15). The number of carbonyl (C=O) groups excluding carboxylic acids is 1. The summed E-state index contributed by atoms with van der Waals surface area (Å²) in [4.78, 5) is 11.9. The van der Waals surface area contributed by atoms with Gasteiger partial charge in [-0.05, 0) is 25.0 Å². The van der Waals surface area contributed by atoms with E-state index in [0.29, 0.717) is 11.6 Å². The zero-order valence-electron chi connectivity index (χ0n) is 8.16. The predicted octanol–water partition coefficient (Wildman–Crippen LogP) is 1.46. The minimum Gasteiger partial charge on any atom is -0.349 e. The fraction of sp³-hybridized carbons (Fsp3) is 0.273. The molecule has 0 saturated heterocycles. The van der Waals surface area contributed by atoms with Crippen LogP contribution in [0.4, 0.5) is 0 Å². The Kier molecular flexibility index (Phi) is 1.74. The Morgan fingerprint density at radius 1 is 1.47 bits per heavy atom. The SMILES string of the molecule is O=C(NC1CC1)c1cccc2[nH]ncc12. The number of carbonyl (C=O) groups is 1. The summed E-state index contributed by atoms with van der Waals surface area (Å²) in [6, 6.07) is 5.99. The molecule has 1 aromatic heterocycles. The van der Waals surface area contributed by atoms with Gasteiger partial charge in [0, 0.05) is 11.4 Å². The second kappa shape index (κ2) is 3.08. The highest BCUT2D eigenvalue weighted by molar-refractivity contribution is 6.06. The number of hydrogen-bond acceptors (Lipinski definition) is 2. The molecule has 0 spiro atoms. The number of rotatable bonds is 2. The van der Waals surface area contributed by atoms with Crippen LogP contribution in [-0.4, -0.2) is 22.1 Å². The van der Waals surface area contributed by atoms with E-state index >= 15 is 0 Å². The van der Waals surface area contributed by atoms with E-state index < -0.39 is 0 Å². The molecule has 4 nitrogen and oxygen atoms in total. The number of nitrogens with zero attached hydrogens (tertiary/aromatic N) is 1. The summed E-state index contributed by atoms with van der Waals surface area (Å²) in [5.74, 6) is 0.00417. The molecule has 2 aromatic rings. The van der Waals surface area contributed by atoms with Gasteiger partial charge in [-0.15, -0.1) is 0 Å². The molecular weight excluding hydrogens is 190 g/mol. The summed E-state index contributed by atoms with van der Waals surface area (Å²) in [5.41, 5.74) is 1.60. The van der Waals surface area contributed by atoms with Gasteiger partial charge in [0.2, 0.25) is 0 Å². The zero-order chi connectivity index (χ0) is 10.3. The average molecular weight is 201 g/mol. The highest BCUT2D eigenvalue weighted by Gasteiger charge is 2.24. The molecule has 1 saturated carbocycles. The Labute approximate surface area is 86.7 Å². The van der Waals surface area contributed by atoms with E-state index in [2.05, 4.69) is 15.5 Å². The topological polar surface area (TPSA) is 57.8 Å². The van der Waals surface area contributed by atoms with Gasteiger partial charge in [-0.3, -0.25) is 9.89 Å². The number of fused-ring (bicyclic) bond motifs is 1. The van der Waals surface area contributed by atoms with Crippen LogP contribution in [-0.2, 0) is 0 Å². The average Bonchev–Trinajstić information content (AvgIpc) is 2.93. The van der Waals surface area contributed by atoms with E-state index in [1.165, 1.54) is 0 Å². The molecule has 0 unspecified atom stereocenters. The molecule has 1 fully saturated rings. The fourth-order valence-corrected chi connectivity index (χ4v) is 1.66. The Morgan fingerprint density at radius 3 is 3.13 bits per heavy atom. The van der Waals surface area contributed by atoms with Crippen molar-refractivity contribution in [3.05, 3.63) is 30.0 Å². The summed E-state index contributed by atoms with van der Waals surface area (Å²) in [5, 5.41) is 10.6. The van der Waals surface area contributed by atoms with Gasteiger partial charge in [-0.2, -0.15) is 5.10 Å². The second-order valence-electron chi connectivity index (χ2n) is 3.88. The van der Waals surface area contributed by atoms with Crippen molar-refractivity contribution >= 4 is 16.8 Å². The van der Waals surface area contributed by atoms with E-state index in [1.54, 1.807) is 6.20 Å². The molecule has 0 aliphatic heterocycles. The van der Waals surface area contributed by atoms with Crippen molar-refractivity contribution in [3.8, 4) is 0 Å². The van der Waals surface area contributed by atoms with Crippen molar-refractivity contribution in [2.45, 2.75) is 18.9 Å². The molecular formula is C11H11N3O. The first-order valence-electron chi connectivity index (χ1n) is 5.07. The molecule has 0 radical (unpaired) electrons. The molecule has 3 rings (SSSR count). The zero-order valence-corrected chi connectivity index (χ0v) is 8.16. The van der Waals surface area contributed by atoms with Crippen LogP contribution in [0.2, 0.25) is 0 Å². The lowest BCUT2D eigenvalue weighted by Crippen LogP contribution is -2.25. The second-order valence-corrected chi connectivity index (χ2v) is 3.88. The molecule has 0 atom stereocenters. The van der Waals surface area contributed by atoms with E-state index in [1.807, 2.05) is 18.2 Å². The number of aromatic nitrogens is 2. The van der Waals surface area contributed by atoms with Crippen LogP contribution in [0.3, 0.4) is 0 Å². The van der Waals surface area contributed by atoms with Crippen molar-refractivity contribution in [2.24, 2.45) is 0 Å². The van der Waals surface area contributed by atoms with Gasteiger partial charge in [0.1, 0.15) is 0 Å². The third-order valence-electron chi connectivity index (χ3n) is 2.64. The van der Waals surface area contributed by atoms with Crippen molar-refractivity contribution in [3.63, 3.8) is 0 Å². The summed E-state index contributed by atoms with van der Waals surface area (Å²) in [6.45, 7) is 0. The van der Waals surface area contributed by atoms with Crippen LogP contribution >= 0.6 is 0 Å². The predicted molar refractivity (Wildman–Crippen MR) is 56.6 cm³/mol. The van der Waals surface area contributed by atoms with Gasteiger partial charge < -0.3 is 5.32 Å². The first-order chi connectivity index (χ1) is 7.34. The molecule has 1 aromatic carbocycles. The van der Waals surface area contributed by atoms with Crippen molar-refractivity contribution < 1.29 is 4.79 Å². The smallest absolute Gasteiger partial charge is 0.252 e. The highest BCUT2D eigenvalue weighted by Crippen LogP contribution is 2.21. The molecule has 1 aliphatic carbocycles. The van der Waals surface area contributed by atoms with Gasteiger partial charge in [-0.25, -0.2) is 0 Å². The molecule has 1 amide bonds. The highest BCUT2D eigenvalue weighted by atomic mass is 16.1. The largest absolute Gasteiger partial charge is 0.349 e. The lowest BCUT2D eigenvalue weighted by atomic mass is 10.1. The van der Waals surface area contributed by atoms with E-state index in [0.717, 1.165) is 23.7 Å². The Morgan fingerprint density at radius 2 is 2.33 bits per heavy atom. The maximum absolute atomic E-state index is 11.9. The maximum Gasteiger partial charge on any atom is 0.252 e. The lowest BCUT2D eigenvalue weighted by molar-refractivity contribution is 0.0953. The number of amides is 1. The number of H-pyrrole nitrogens is 1. The first kappa shape index (κ1) is 8.47. The summed E-state index contributed by atoms with van der Waals surface area (Å²) < 4.78 is 0. The number of aromatic amines is 1. The molecule has 1 heterocycles. The van der Waals surface area contributed by atoms with Gasteiger partial charge in [-0.1, -0.05) is 6.07 Å². The number of hydrogen-bond donors (Lipinski definition) is 2. The van der Waals surface area contributed by atoms with Crippen LogP contribution in [0.25, 0.3) is 10.9 Å². The third kappa shape index (κ3) is 1.48. The normalized spacial score (nSPS) is 15.5. The molecule has 4 heteroatoms. The number of nitrogens with one attached hydrogen (secondary N) is 2. The first-order valence-corrected chi connectivity index (χ1v) is 5.07. The van der Waals surface area contributed by atoms with Gasteiger partial charge in [0.05, 0.1) is 17.3 Å². The monoisotopic (exact) mass is 201 g/mol. The number of benzene rings is 1. The third-order valence-corrected chi connectivity index (χ3v) is 2.64. The van der Waals surface area contributed by atoms with Gasteiger partial charge in [0.25, 0.3) is 5.91 Å². The Bertz CT molecular complexity index is 513. The van der Waals surface area contributed by atoms with E-state index in [9.17, 15) is 4.79 Å². The summed E-state index contributed by atoms with van der Waals surface area (Å²) in [6.07, 6.45) is 3.90.